The lowest BCUT2D eigenvalue weighted by atomic mass is 9.77. The zero-order chi connectivity index (χ0) is 21.1. The number of hydrogen-bond donors (Lipinski definition) is 2. The molecule has 1 saturated carbocycles. The SMILES string of the molecule is Cc1nc(N2CCC3(CCCC3)CC2)c(NCCO)nc1Sc1cccc(Cl)c1Cl. The van der Waals surface area contributed by atoms with E-state index in [0.717, 1.165) is 40.3 Å². The summed E-state index contributed by atoms with van der Waals surface area (Å²) in [6.07, 6.45) is 7.94. The molecular formula is C22H28Cl2N4OS. The maximum absolute atomic E-state index is 9.33. The quantitative estimate of drug-likeness (QED) is 0.559. The fraction of sp³-hybridized carbons (Fsp3) is 0.545. The molecule has 2 aromatic rings. The lowest BCUT2D eigenvalue weighted by Gasteiger charge is -2.40. The third-order valence-electron chi connectivity index (χ3n) is 6.32. The molecule has 2 aliphatic rings. The lowest BCUT2D eigenvalue weighted by Crippen LogP contribution is -2.39. The smallest absolute Gasteiger partial charge is 0.172 e. The normalized spacial score (nSPS) is 18.2. The number of aliphatic hydroxyl groups is 1. The van der Waals surface area contributed by atoms with Crippen molar-refractivity contribution in [1.29, 1.82) is 0 Å². The van der Waals surface area contributed by atoms with Gasteiger partial charge in [0, 0.05) is 24.5 Å². The van der Waals surface area contributed by atoms with Gasteiger partial charge in [0.25, 0.3) is 0 Å². The van der Waals surface area contributed by atoms with E-state index in [1.165, 1.54) is 50.3 Å². The van der Waals surface area contributed by atoms with Crippen molar-refractivity contribution < 1.29 is 5.11 Å². The summed E-state index contributed by atoms with van der Waals surface area (Å²) in [6.45, 7) is 4.48. The van der Waals surface area contributed by atoms with Gasteiger partial charge in [-0.2, -0.15) is 0 Å². The van der Waals surface area contributed by atoms with E-state index >= 15 is 0 Å². The largest absolute Gasteiger partial charge is 0.395 e. The summed E-state index contributed by atoms with van der Waals surface area (Å²) in [6, 6.07) is 5.59. The first-order valence-corrected chi connectivity index (χ1v) is 12.2. The molecule has 1 aromatic heterocycles. The van der Waals surface area contributed by atoms with Crippen molar-refractivity contribution in [3.8, 4) is 0 Å². The van der Waals surface area contributed by atoms with Gasteiger partial charge in [-0.15, -0.1) is 0 Å². The minimum atomic E-state index is 0.0424. The third-order valence-corrected chi connectivity index (χ3v) is 8.39. The van der Waals surface area contributed by atoms with E-state index in [2.05, 4.69) is 10.2 Å². The van der Waals surface area contributed by atoms with Gasteiger partial charge in [-0.25, -0.2) is 9.97 Å². The van der Waals surface area contributed by atoms with E-state index in [-0.39, 0.29) is 6.61 Å². The Kier molecular flexibility index (Phi) is 6.98. The van der Waals surface area contributed by atoms with Crippen LogP contribution in [0.25, 0.3) is 0 Å². The molecule has 0 bridgehead atoms. The number of hydrogen-bond acceptors (Lipinski definition) is 6. The van der Waals surface area contributed by atoms with Gasteiger partial charge in [0.15, 0.2) is 11.6 Å². The summed E-state index contributed by atoms with van der Waals surface area (Å²) < 4.78 is 0. The van der Waals surface area contributed by atoms with Gasteiger partial charge in [-0.3, -0.25) is 0 Å². The van der Waals surface area contributed by atoms with Crippen molar-refractivity contribution in [3.05, 3.63) is 33.9 Å². The Morgan fingerprint density at radius 2 is 1.87 bits per heavy atom. The number of nitrogens with one attached hydrogen (secondary N) is 1. The van der Waals surface area contributed by atoms with Crippen LogP contribution in [0.2, 0.25) is 10.0 Å². The highest BCUT2D eigenvalue weighted by atomic mass is 35.5. The first kappa shape index (κ1) is 22.0. The zero-order valence-electron chi connectivity index (χ0n) is 17.3. The zero-order valence-corrected chi connectivity index (χ0v) is 19.6. The summed E-state index contributed by atoms with van der Waals surface area (Å²) in [5.74, 6) is 1.60. The minimum absolute atomic E-state index is 0.0424. The number of anilines is 2. The van der Waals surface area contributed by atoms with Crippen LogP contribution in [0.3, 0.4) is 0 Å². The average Bonchev–Trinajstić information content (AvgIpc) is 3.20. The van der Waals surface area contributed by atoms with Crippen LogP contribution in [0.1, 0.15) is 44.2 Å². The molecule has 2 N–H and O–H groups in total. The Hall–Kier alpha value is -1.21. The second-order valence-electron chi connectivity index (χ2n) is 8.28. The van der Waals surface area contributed by atoms with Gasteiger partial charge in [0.2, 0.25) is 0 Å². The van der Waals surface area contributed by atoms with Crippen LogP contribution in [0.5, 0.6) is 0 Å². The Balaban J connectivity index is 1.59. The molecular weight excluding hydrogens is 439 g/mol. The predicted molar refractivity (Wildman–Crippen MR) is 125 cm³/mol. The third kappa shape index (κ3) is 4.67. The number of rotatable bonds is 6. The van der Waals surface area contributed by atoms with Crippen molar-refractivity contribution in [1.82, 2.24) is 9.97 Å². The van der Waals surface area contributed by atoms with Crippen molar-refractivity contribution >= 4 is 46.6 Å². The van der Waals surface area contributed by atoms with Crippen LogP contribution in [0, 0.1) is 12.3 Å². The molecule has 8 heteroatoms. The molecule has 2 heterocycles. The molecule has 0 amide bonds. The molecule has 1 aromatic carbocycles. The first-order chi connectivity index (χ1) is 14.5. The Labute approximate surface area is 192 Å². The topological polar surface area (TPSA) is 61.3 Å². The van der Waals surface area contributed by atoms with Gasteiger partial charge in [-0.1, -0.05) is 53.9 Å². The van der Waals surface area contributed by atoms with E-state index in [9.17, 15) is 5.11 Å². The second kappa shape index (κ2) is 9.51. The van der Waals surface area contributed by atoms with Crippen molar-refractivity contribution in [2.75, 3.05) is 36.5 Å². The fourth-order valence-corrected chi connectivity index (χ4v) is 5.94. The predicted octanol–water partition coefficient (Wildman–Crippen LogP) is 5.81. The first-order valence-electron chi connectivity index (χ1n) is 10.6. The summed E-state index contributed by atoms with van der Waals surface area (Å²) in [4.78, 5) is 13.0. The number of benzene rings is 1. The summed E-state index contributed by atoms with van der Waals surface area (Å²) in [5, 5.41) is 14.4. The van der Waals surface area contributed by atoms with Crippen molar-refractivity contribution in [2.24, 2.45) is 5.41 Å². The van der Waals surface area contributed by atoms with E-state index in [4.69, 9.17) is 33.2 Å². The molecule has 0 radical (unpaired) electrons. The minimum Gasteiger partial charge on any atom is -0.395 e. The number of aromatic nitrogens is 2. The van der Waals surface area contributed by atoms with Crippen molar-refractivity contribution in [3.63, 3.8) is 0 Å². The number of aryl methyl sites for hydroxylation is 1. The van der Waals surface area contributed by atoms with Gasteiger partial charge >= 0.3 is 0 Å². The highest BCUT2D eigenvalue weighted by molar-refractivity contribution is 7.99. The van der Waals surface area contributed by atoms with Gasteiger partial charge in [-0.05, 0) is 50.2 Å². The van der Waals surface area contributed by atoms with Crippen LogP contribution in [-0.2, 0) is 0 Å². The van der Waals surface area contributed by atoms with E-state index in [1.54, 1.807) is 6.07 Å². The second-order valence-corrected chi connectivity index (χ2v) is 10.1. The average molecular weight is 467 g/mol. The Morgan fingerprint density at radius 1 is 1.13 bits per heavy atom. The van der Waals surface area contributed by atoms with Crippen molar-refractivity contribution in [2.45, 2.75) is 55.4 Å². The van der Waals surface area contributed by atoms with Crippen LogP contribution < -0.4 is 10.2 Å². The maximum atomic E-state index is 9.33. The molecule has 30 heavy (non-hydrogen) atoms. The molecule has 1 aliphatic carbocycles. The van der Waals surface area contributed by atoms with Gasteiger partial charge in [0.05, 0.1) is 22.3 Å². The number of halogens is 2. The van der Waals surface area contributed by atoms with Crippen LogP contribution in [-0.4, -0.2) is 41.3 Å². The molecule has 5 nitrogen and oxygen atoms in total. The van der Waals surface area contributed by atoms with E-state index < -0.39 is 0 Å². The molecule has 2 fully saturated rings. The molecule has 162 valence electrons. The lowest BCUT2D eigenvalue weighted by molar-refractivity contribution is 0.226. The highest BCUT2D eigenvalue weighted by Crippen LogP contribution is 2.47. The van der Waals surface area contributed by atoms with Crippen LogP contribution in [0.15, 0.2) is 28.1 Å². The number of piperidine rings is 1. The monoisotopic (exact) mass is 466 g/mol. The number of nitrogens with zero attached hydrogens (tertiary/aromatic N) is 3. The van der Waals surface area contributed by atoms with Crippen LogP contribution >= 0.6 is 35.0 Å². The summed E-state index contributed by atoms with van der Waals surface area (Å²) in [7, 11) is 0. The Bertz CT molecular complexity index is 895. The van der Waals surface area contributed by atoms with Gasteiger partial charge < -0.3 is 15.3 Å². The molecule has 1 spiro atoms. The van der Waals surface area contributed by atoms with E-state index in [0.29, 0.717) is 22.0 Å². The molecule has 4 rings (SSSR count). The number of aliphatic hydroxyl groups excluding tert-OH is 1. The highest BCUT2D eigenvalue weighted by Gasteiger charge is 2.37. The fourth-order valence-electron chi connectivity index (χ4n) is 4.59. The van der Waals surface area contributed by atoms with Gasteiger partial charge in [0.1, 0.15) is 5.03 Å². The molecule has 0 unspecified atom stereocenters. The standard InChI is InChI=1S/C22H28Cl2N4OS/c1-15-21(30-17-6-4-5-16(23)18(17)24)27-19(25-11-14-29)20(26-15)28-12-9-22(10-13-28)7-2-3-8-22/h4-6,29H,2-3,7-14H2,1H3,(H,25,27). The molecule has 1 aliphatic heterocycles. The molecule has 0 atom stereocenters. The van der Waals surface area contributed by atoms with Crippen LogP contribution in [0.4, 0.5) is 11.6 Å². The summed E-state index contributed by atoms with van der Waals surface area (Å²) in [5.41, 5.74) is 1.42. The maximum Gasteiger partial charge on any atom is 0.172 e. The Morgan fingerprint density at radius 3 is 2.57 bits per heavy atom. The van der Waals surface area contributed by atoms with E-state index in [1.807, 2.05) is 19.1 Å². The summed E-state index contributed by atoms with van der Waals surface area (Å²) >= 11 is 14.0. The molecule has 1 saturated heterocycles.